The Morgan fingerprint density at radius 3 is 2.00 bits per heavy atom. The lowest BCUT2D eigenvalue weighted by atomic mass is 10.1. The summed E-state index contributed by atoms with van der Waals surface area (Å²) in [5, 5.41) is 0. The zero-order valence-electron chi connectivity index (χ0n) is 8.32. The third-order valence-corrected chi connectivity index (χ3v) is 2.07. The lowest BCUT2D eigenvalue weighted by Crippen LogP contribution is -2.05. The van der Waals surface area contributed by atoms with E-state index in [2.05, 4.69) is 9.97 Å². The highest BCUT2D eigenvalue weighted by Gasteiger charge is 2.16. The normalized spacial score (nSPS) is 10.3. The summed E-state index contributed by atoms with van der Waals surface area (Å²) in [6.45, 7) is 0. The van der Waals surface area contributed by atoms with E-state index in [9.17, 15) is 18.0 Å². The van der Waals surface area contributed by atoms with E-state index in [1.165, 1.54) is 18.7 Å². The second-order valence-electron chi connectivity index (χ2n) is 3.21. The molecule has 3 nitrogen and oxygen atoms in total. The van der Waals surface area contributed by atoms with Crippen molar-refractivity contribution in [2.45, 2.75) is 0 Å². The van der Waals surface area contributed by atoms with Crippen LogP contribution in [0.3, 0.4) is 0 Å². The van der Waals surface area contributed by atoms with Gasteiger partial charge in [0.15, 0.2) is 23.2 Å². The summed E-state index contributed by atoms with van der Waals surface area (Å²) in [4.78, 5) is 18.9. The number of carbonyl (C=O) groups is 1. The van der Waals surface area contributed by atoms with Crippen LogP contribution in [-0.4, -0.2) is 15.8 Å². The van der Waals surface area contributed by atoms with E-state index in [1.807, 2.05) is 0 Å². The van der Waals surface area contributed by atoms with Gasteiger partial charge in [-0.2, -0.15) is 0 Å². The summed E-state index contributed by atoms with van der Waals surface area (Å²) < 4.78 is 38.5. The second kappa shape index (κ2) is 4.32. The third-order valence-electron chi connectivity index (χ3n) is 2.07. The van der Waals surface area contributed by atoms with E-state index in [0.717, 1.165) is 0 Å². The number of halogens is 3. The first-order valence-corrected chi connectivity index (χ1v) is 4.54. The van der Waals surface area contributed by atoms with Gasteiger partial charge in [0.05, 0.1) is 5.56 Å². The van der Waals surface area contributed by atoms with E-state index in [0.29, 0.717) is 12.1 Å². The predicted molar refractivity (Wildman–Crippen MR) is 51.8 cm³/mol. The molecule has 0 saturated heterocycles. The van der Waals surface area contributed by atoms with Gasteiger partial charge in [0, 0.05) is 18.0 Å². The lowest BCUT2D eigenvalue weighted by molar-refractivity contribution is 0.103. The van der Waals surface area contributed by atoms with Crippen LogP contribution in [0.25, 0.3) is 0 Å². The van der Waals surface area contributed by atoms with Crippen molar-refractivity contribution in [2.75, 3.05) is 0 Å². The molecule has 2 rings (SSSR count). The van der Waals surface area contributed by atoms with Gasteiger partial charge in [-0.25, -0.2) is 23.1 Å². The van der Waals surface area contributed by atoms with Crippen LogP contribution < -0.4 is 0 Å². The Morgan fingerprint density at radius 1 is 0.941 bits per heavy atom. The minimum atomic E-state index is -1.61. The zero-order valence-corrected chi connectivity index (χ0v) is 8.32. The molecule has 1 aromatic heterocycles. The van der Waals surface area contributed by atoms with Crippen molar-refractivity contribution in [2.24, 2.45) is 0 Å². The van der Waals surface area contributed by atoms with Gasteiger partial charge in [0.2, 0.25) is 0 Å². The van der Waals surface area contributed by atoms with Gasteiger partial charge in [-0.3, -0.25) is 4.79 Å². The molecule has 0 aliphatic heterocycles. The maximum Gasteiger partial charge on any atom is 0.196 e. The minimum Gasteiger partial charge on any atom is -0.288 e. The number of benzene rings is 1. The quantitative estimate of drug-likeness (QED) is 0.594. The maximum atomic E-state index is 12.9. The molecule has 1 heterocycles. The van der Waals surface area contributed by atoms with Crippen LogP contribution in [0.15, 0.2) is 30.9 Å². The molecule has 0 saturated carbocycles. The van der Waals surface area contributed by atoms with Gasteiger partial charge in [-0.1, -0.05) is 0 Å². The summed E-state index contributed by atoms with van der Waals surface area (Å²) in [5.74, 6) is -5.11. The molecule has 0 fully saturated rings. The standard InChI is InChI=1S/C11H5F3N2O/c12-8-1-6(2-9(13)10(8)14)11(17)7-3-15-5-16-4-7/h1-5H. The van der Waals surface area contributed by atoms with Gasteiger partial charge in [-0.15, -0.1) is 0 Å². The Balaban J connectivity index is 2.45. The Labute approximate surface area is 94.0 Å². The molecule has 2 aromatic rings. The number of hydrogen-bond donors (Lipinski definition) is 0. The molecule has 0 bridgehead atoms. The maximum absolute atomic E-state index is 12.9. The summed E-state index contributed by atoms with van der Waals surface area (Å²) in [7, 11) is 0. The fourth-order valence-electron chi connectivity index (χ4n) is 1.27. The van der Waals surface area contributed by atoms with Crippen molar-refractivity contribution < 1.29 is 18.0 Å². The summed E-state index contributed by atoms with van der Waals surface area (Å²) >= 11 is 0. The van der Waals surface area contributed by atoms with Crippen LogP contribution in [0.5, 0.6) is 0 Å². The van der Waals surface area contributed by atoms with E-state index in [-0.39, 0.29) is 11.1 Å². The Bertz CT molecular complexity index is 549. The minimum absolute atomic E-state index is 0.0675. The molecule has 0 unspecified atom stereocenters. The van der Waals surface area contributed by atoms with E-state index < -0.39 is 23.2 Å². The van der Waals surface area contributed by atoms with Crippen LogP contribution in [0.1, 0.15) is 15.9 Å². The first-order valence-electron chi connectivity index (χ1n) is 4.54. The number of aromatic nitrogens is 2. The molecule has 0 radical (unpaired) electrons. The van der Waals surface area contributed by atoms with E-state index in [1.54, 1.807) is 0 Å². The first-order chi connectivity index (χ1) is 8.09. The molecule has 0 atom stereocenters. The molecular formula is C11H5F3N2O. The van der Waals surface area contributed by atoms with Crippen molar-refractivity contribution in [3.63, 3.8) is 0 Å². The van der Waals surface area contributed by atoms with Crippen LogP contribution >= 0.6 is 0 Å². The summed E-state index contributed by atoms with van der Waals surface area (Å²) in [6.07, 6.45) is 3.62. The van der Waals surface area contributed by atoms with Crippen molar-refractivity contribution in [3.8, 4) is 0 Å². The van der Waals surface area contributed by atoms with Crippen LogP contribution in [0.2, 0.25) is 0 Å². The Kier molecular flexibility index (Phi) is 2.86. The predicted octanol–water partition coefficient (Wildman–Crippen LogP) is 2.12. The molecule has 0 aliphatic carbocycles. The van der Waals surface area contributed by atoms with Crippen molar-refractivity contribution >= 4 is 5.78 Å². The number of rotatable bonds is 2. The van der Waals surface area contributed by atoms with Gasteiger partial charge in [0.25, 0.3) is 0 Å². The molecule has 0 N–H and O–H groups in total. The Hall–Kier alpha value is -2.24. The number of ketones is 1. The molecule has 6 heteroatoms. The van der Waals surface area contributed by atoms with E-state index in [4.69, 9.17) is 0 Å². The van der Waals surface area contributed by atoms with Crippen LogP contribution in [0, 0.1) is 17.5 Å². The summed E-state index contributed by atoms with van der Waals surface area (Å²) in [5.41, 5.74) is -0.228. The van der Waals surface area contributed by atoms with Gasteiger partial charge in [0.1, 0.15) is 6.33 Å². The Morgan fingerprint density at radius 2 is 1.47 bits per heavy atom. The molecule has 0 aliphatic rings. The largest absolute Gasteiger partial charge is 0.288 e. The SMILES string of the molecule is O=C(c1cncnc1)c1cc(F)c(F)c(F)c1. The third kappa shape index (κ3) is 2.15. The highest BCUT2D eigenvalue weighted by Crippen LogP contribution is 2.16. The van der Waals surface area contributed by atoms with Crippen LogP contribution in [-0.2, 0) is 0 Å². The van der Waals surface area contributed by atoms with Gasteiger partial charge in [-0.05, 0) is 12.1 Å². The van der Waals surface area contributed by atoms with Gasteiger partial charge >= 0.3 is 0 Å². The highest BCUT2D eigenvalue weighted by atomic mass is 19.2. The lowest BCUT2D eigenvalue weighted by Gasteiger charge is -2.02. The molecule has 1 aromatic carbocycles. The summed E-state index contributed by atoms with van der Waals surface area (Å²) in [6, 6.07) is 1.27. The topological polar surface area (TPSA) is 42.9 Å². The zero-order chi connectivity index (χ0) is 12.4. The van der Waals surface area contributed by atoms with E-state index >= 15 is 0 Å². The fourth-order valence-corrected chi connectivity index (χ4v) is 1.27. The highest BCUT2D eigenvalue weighted by molar-refractivity contribution is 6.08. The molecule has 0 spiro atoms. The van der Waals surface area contributed by atoms with Crippen molar-refractivity contribution in [3.05, 3.63) is 59.4 Å². The second-order valence-corrected chi connectivity index (χ2v) is 3.21. The number of carbonyl (C=O) groups excluding carboxylic acids is 1. The van der Waals surface area contributed by atoms with Crippen molar-refractivity contribution in [1.82, 2.24) is 9.97 Å². The monoisotopic (exact) mass is 238 g/mol. The number of hydrogen-bond acceptors (Lipinski definition) is 3. The fraction of sp³-hybridized carbons (Fsp3) is 0. The van der Waals surface area contributed by atoms with Crippen molar-refractivity contribution in [1.29, 1.82) is 0 Å². The molecular weight excluding hydrogens is 233 g/mol. The van der Waals surface area contributed by atoms with Gasteiger partial charge < -0.3 is 0 Å². The van der Waals surface area contributed by atoms with Crippen LogP contribution in [0.4, 0.5) is 13.2 Å². The number of nitrogens with zero attached hydrogens (tertiary/aromatic N) is 2. The smallest absolute Gasteiger partial charge is 0.196 e. The average Bonchev–Trinajstić information content (AvgIpc) is 2.35. The first kappa shape index (κ1) is 11.3. The molecule has 0 amide bonds. The molecule has 17 heavy (non-hydrogen) atoms. The average molecular weight is 238 g/mol. The molecule has 86 valence electrons.